The molecule has 0 aromatic heterocycles. The summed E-state index contributed by atoms with van der Waals surface area (Å²) in [6.45, 7) is 5.35. The van der Waals surface area contributed by atoms with Gasteiger partial charge < -0.3 is 15.0 Å². The minimum absolute atomic E-state index is 0.0498. The van der Waals surface area contributed by atoms with Gasteiger partial charge in [-0.1, -0.05) is 17.7 Å². The third kappa shape index (κ3) is 4.83. The molecular weight excluding hydrogens is 314 g/mol. The van der Waals surface area contributed by atoms with Crippen molar-refractivity contribution in [2.45, 2.75) is 25.4 Å². The van der Waals surface area contributed by atoms with Crippen molar-refractivity contribution >= 4 is 23.3 Å². The van der Waals surface area contributed by atoms with Gasteiger partial charge in [0.15, 0.2) is 0 Å². The lowest BCUT2D eigenvalue weighted by molar-refractivity contribution is 0.0747. The van der Waals surface area contributed by atoms with Crippen LogP contribution in [0.25, 0.3) is 0 Å². The highest BCUT2D eigenvalue weighted by atomic mass is 35.5. The van der Waals surface area contributed by atoms with Crippen LogP contribution in [-0.4, -0.2) is 61.3 Å². The molecule has 1 atom stereocenters. The number of nitrogens with one attached hydrogen (secondary N) is 1. The Labute approximate surface area is 142 Å². The van der Waals surface area contributed by atoms with E-state index in [1.807, 2.05) is 17.0 Å². The fourth-order valence-corrected chi connectivity index (χ4v) is 3.39. The van der Waals surface area contributed by atoms with Gasteiger partial charge in [0.1, 0.15) is 0 Å². The predicted molar refractivity (Wildman–Crippen MR) is 92.1 cm³/mol. The number of benzene rings is 1. The van der Waals surface area contributed by atoms with Crippen LogP contribution in [0.2, 0.25) is 5.02 Å². The van der Waals surface area contributed by atoms with Gasteiger partial charge in [0.25, 0.3) is 0 Å². The zero-order valence-electron chi connectivity index (χ0n) is 13.3. The lowest BCUT2D eigenvalue weighted by Gasteiger charge is -2.24. The first-order valence-electron chi connectivity index (χ1n) is 8.36. The standard InChI is InChI=1S/C17H24ClN3O2/c18-14-4-1-5-15(12-14)19-17(22)21-8-3-7-20(9-10-21)13-16-6-2-11-23-16/h1,4-5,12,16H,2-3,6-11,13H2,(H,19,22)/t16-/m1/s1. The Hall–Kier alpha value is -1.30. The second-order valence-corrected chi connectivity index (χ2v) is 6.65. The number of halogens is 1. The number of rotatable bonds is 3. The van der Waals surface area contributed by atoms with Gasteiger partial charge in [0.2, 0.25) is 0 Å². The highest BCUT2D eigenvalue weighted by Gasteiger charge is 2.23. The molecule has 126 valence electrons. The zero-order chi connectivity index (χ0) is 16.1. The van der Waals surface area contributed by atoms with Crippen LogP contribution >= 0.6 is 11.6 Å². The first-order chi connectivity index (χ1) is 11.2. The van der Waals surface area contributed by atoms with Crippen LogP contribution in [0.3, 0.4) is 0 Å². The molecule has 0 saturated carbocycles. The Morgan fingerprint density at radius 2 is 2.17 bits per heavy atom. The maximum Gasteiger partial charge on any atom is 0.321 e. The lowest BCUT2D eigenvalue weighted by atomic mass is 10.2. The van der Waals surface area contributed by atoms with Gasteiger partial charge >= 0.3 is 6.03 Å². The number of amides is 2. The second-order valence-electron chi connectivity index (χ2n) is 6.22. The molecule has 0 bridgehead atoms. The lowest BCUT2D eigenvalue weighted by Crippen LogP contribution is -2.39. The normalized spacial score (nSPS) is 22.8. The van der Waals surface area contributed by atoms with Crippen LogP contribution in [0.1, 0.15) is 19.3 Å². The maximum absolute atomic E-state index is 12.4. The molecule has 0 spiro atoms. The number of hydrogen-bond donors (Lipinski definition) is 1. The summed E-state index contributed by atoms with van der Waals surface area (Å²) in [4.78, 5) is 16.7. The van der Waals surface area contributed by atoms with Crippen LogP contribution in [-0.2, 0) is 4.74 Å². The van der Waals surface area contributed by atoms with Gasteiger partial charge in [0.05, 0.1) is 6.10 Å². The maximum atomic E-state index is 12.4. The first-order valence-corrected chi connectivity index (χ1v) is 8.74. The second kappa shape index (κ2) is 7.99. The summed E-state index contributed by atoms with van der Waals surface area (Å²) in [5.74, 6) is 0. The van der Waals surface area contributed by atoms with Gasteiger partial charge in [-0.05, 0) is 44.0 Å². The average Bonchev–Trinajstić information content (AvgIpc) is 2.91. The van der Waals surface area contributed by atoms with Crippen LogP contribution in [0.15, 0.2) is 24.3 Å². The molecule has 2 heterocycles. The first kappa shape index (κ1) is 16.6. The van der Waals surface area contributed by atoms with E-state index in [0.29, 0.717) is 11.1 Å². The van der Waals surface area contributed by atoms with Crippen molar-refractivity contribution < 1.29 is 9.53 Å². The molecule has 5 nitrogen and oxygen atoms in total. The summed E-state index contributed by atoms with van der Waals surface area (Å²) < 4.78 is 5.71. The molecule has 2 fully saturated rings. The van der Waals surface area contributed by atoms with Crippen LogP contribution in [0, 0.1) is 0 Å². The summed E-state index contributed by atoms with van der Waals surface area (Å²) in [7, 11) is 0. The molecule has 1 aromatic carbocycles. The number of carbonyl (C=O) groups excluding carboxylic acids is 1. The van der Waals surface area contributed by atoms with Gasteiger partial charge in [0, 0.05) is 43.5 Å². The van der Waals surface area contributed by atoms with Crippen LogP contribution in [0.4, 0.5) is 10.5 Å². The third-order valence-electron chi connectivity index (χ3n) is 4.44. The van der Waals surface area contributed by atoms with E-state index in [2.05, 4.69) is 10.2 Å². The summed E-state index contributed by atoms with van der Waals surface area (Å²) >= 11 is 5.96. The van der Waals surface area contributed by atoms with E-state index in [0.717, 1.165) is 57.9 Å². The molecule has 0 aliphatic carbocycles. The monoisotopic (exact) mass is 337 g/mol. The number of urea groups is 1. The number of ether oxygens (including phenoxy) is 1. The zero-order valence-corrected chi connectivity index (χ0v) is 14.1. The Morgan fingerprint density at radius 3 is 2.96 bits per heavy atom. The fraction of sp³-hybridized carbons (Fsp3) is 0.588. The van der Waals surface area contributed by atoms with Crippen molar-refractivity contribution in [1.29, 1.82) is 0 Å². The smallest absolute Gasteiger partial charge is 0.321 e. The van der Waals surface area contributed by atoms with E-state index in [1.165, 1.54) is 6.42 Å². The van der Waals surface area contributed by atoms with Crippen molar-refractivity contribution in [1.82, 2.24) is 9.80 Å². The van der Waals surface area contributed by atoms with Gasteiger partial charge in [-0.25, -0.2) is 4.79 Å². The minimum atomic E-state index is -0.0498. The topological polar surface area (TPSA) is 44.8 Å². The molecule has 3 rings (SSSR count). The fourth-order valence-electron chi connectivity index (χ4n) is 3.20. The quantitative estimate of drug-likeness (QED) is 0.922. The van der Waals surface area contributed by atoms with E-state index in [9.17, 15) is 4.79 Å². The van der Waals surface area contributed by atoms with Gasteiger partial charge in [-0.2, -0.15) is 0 Å². The summed E-state index contributed by atoms with van der Waals surface area (Å²) in [5.41, 5.74) is 0.739. The molecule has 2 aliphatic rings. The van der Waals surface area contributed by atoms with E-state index in [4.69, 9.17) is 16.3 Å². The molecular formula is C17H24ClN3O2. The Kier molecular flexibility index (Phi) is 5.75. The number of anilines is 1. The Balaban J connectivity index is 1.49. The van der Waals surface area contributed by atoms with Crippen LogP contribution in [0.5, 0.6) is 0 Å². The molecule has 2 aliphatic heterocycles. The van der Waals surface area contributed by atoms with Gasteiger partial charge in [-0.3, -0.25) is 4.90 Å². The number of nitrogens with zero attached hydrogens (tertiary/aromatic N) is 2. The predicted octanol–water partition coefficient (Wildman–Crippen LogP) is 3.06. The molecule has 6 heteroatoms. The summed E-state index contributed by atoms with van der Waals surface area (Å²) in [6, 6.07) is 7.20. The van der Waals surface area contributed by atoms with E-state index < -0.39 is 0 Å². The van der Waals surface area contributed by atoms with Crippen molar-refractivity contribution in [2.24, 2.45) is 0 Å². The summed E-state index contributed by atoms with van der Waals surface area (Å²) in [6.07, 6.45) is 3.71. The van der Waals surface area contributed by atoms with E-state index in [1.54, 1.807) is 12.1 Å². The molecule has 0 unspecified atom stereocenters. The molecule has 23 heavy (non-hydrogen) atoms. The molecule has 2 amide bonds. The highest BCUT2D eigenvalue weighted by Crippen LogP contribution is 2.17. The average molecular weight is 338 g/mol. The van der Waals surface area contributed by atoms with Crippen molar-refractivity contribution in [3.05, 3.63) is 29.3 Å². The van der Waals surface area contributed by atoms with Crippen molar-refractivity contribution in [3.8, 4) is 0 Å². The van der Waals surface area contributed by atoms with Crippen molar-refractivity contribution in [2.75, 3.05) is 44.6 Å². The largest absolute Gasteiger partial charge is 0.377 e. The van der Waals surface area contributed by atoms with E-state index >= 15 is 0 Å². The molecule has 2 saturated heterocycles. The van der Waals surface area contributed by atoms with Crippen LogP contribution < -0.4 is 5.32 Å². The molecule has 1 aromatic rings. The highest BCUT2D eigenvalue weighted by molar-refractivity contribution is 6.30. The summed E-state index contributed by atoms with van der Waals surface area (Å²) in [5, 5.41) is 3.55. The van der Waals surface area contributed by atoms with E-state index in [-0.39, 0.29) is 6.03 Å². The number of carbonyl (C=O) groups is 1. The van der Waals surface area contributed by atoms with Gasteiger partial charge in [-0.15, -0.1) is 0 Å². The Morgan fingerprint density at radius 1 is 1.26 bits per heavy atom. The third-order valence-corrected chi connectivity index (χ3v) is 4.67. The molecule has 1 N–H and O–H groups in total. The number of hydrogen-bond acceptors (Lipinski definition) is 3. The van der Waals surface area contributed by atoms with Crippen molar-refractivity contribution in [3.63, 3.8) is 0 Å². The SMILES string of the molecule is O=C(Nc1cccc(Cl)c1)N1CCCN(C[C@H]2CCCO2)CC1. The molecule has 0 radical (unpaired) electrons. The minimum Gasteiger partial charge on any atom is -0.377 e. The Bertz CT molecular complexity index is 534.